The van der Waals surface area contributed by atoms with Crippen molar-refractivity contribution in [3.63, 3.8) is 0 Å². The number of carbonyl (C=O) groups is 2. The van der Waals surface area contributed by atoms with Gasteiger partial charge in [-0.2, -0.15) is 0 Å². The predicted octanol–water partition coefficient (Wildman–Crippen LogP) is 4.82. The van der Waals surface area contributed by atoms with Crippen LogP contribution in [0.25, 0.3) is 10.8 Å². The topological polar surface area (TPSA) is 61.9 Å². The average molecular weight is 428 g/mol. The van der Waals surface area contributed by atoms with E-state index in [9.17, 15) is 9.59 Å². The van der Waals surface area contributed by atoms with Gasteiger partial charge in [0.05, 0.1) is 5.69 Å². The van der Waals surface area contributed by atoms with Crippen LogP contribution in [-0.2, 0) is 4.74 Å². The molecule has 4 rings (SSSR count). The Kier molecular flexibility index (Phi) is 5.68. The van der Waals surface area contributed by atoms with Crippen molar-refractivity contribution >= 4 is 40.4 Å². The van der Waals surface area contributed by atoms with Crippen LogP contribution >= 0.6 is 11.9 Å². The number of benzene rings is 2. The van der Waals surface area contributed by atoms with E-state index in [-0.39, 0.29) is 12.0 Å². The molecule has 0 atom stereocenters. The van der Waals surface area contributed by atoms with Crippen LogP contribution in [0.3, 0.4) is 0 Å². The lowest BCUT2D eigenvalue weighted by Gasteiger charge is -2.33. The van der Waals surface area contributed by atoms with Gasteiger partial charge in [-0.3, -0.25) is 9.52 Å². The van der Waals surface area contributed by atoms with Crippen LogP contribution in [0.4, 0.5) is 10.5 Å². The molecule has 0 radical (unpaired) electrons. The van der Waals surface area contributed by atoms with Gasteiger partial charge in [0.1, 0.15) is 5.60 Å². The Hall–Kier alpha value is -2.25. The summed E-state index contributed by atoms with van der Waals surface area (Å²) in [6.45, 7) is 9.73. The number of hydrogen-bond donors (Lipinski definition) is 1. The van der Waals surface area contributed by atoms with Crippen molar-refractivity contribution in [2.24, 2.45) is 0 Å². The van der Waals surface area contributed by atoms with Gasteiger partial charge < -0.3 is 14.5 Å². The van der Waals surface area contributed by atoms with Gasteiger partial charge in [0, 0.05) is 41.5 Å². The van der Waals surface area contributed by atoms with Crippen LogP contribution < -0.4 is 9.62 Å². The van der Waals surface area contributed by atoms with Gasteiger partial charge in [0.2, 0.25) is 0 Å². The number of amides is 2. The summed E-state index contributed by atoms with van der Waals surface area (Å²) in [5.74, 6) is 0.0859. The van der Waals surface area contributed by atoms with Crippen molar-refractivity contribution in [1.82, 2.24) is 9.62 Å². The van der Waals surface area contributed by atoms with Crippen molar-refractivity contribution in [3.05, 3.63) is 35.9 Å². The molecule has 0 spiro atoms. The van der Waals surface area contributed by atoms with E-state index in [2.05, 4.69) is 22.9 Å². The summed E-state index contributed by atoms with van der Waals surface area (Å²) >= 11 is 1.62. The number of likely N-dealkylation sites (tertiary alicyclic amines) is 1. The minimum absolute atomic E-state index is 0.0859. The molecule has 1 N–H and O–H groups in total. The van der Waals surface area contributed by atoms with E-state index >= 15 is 0 Å². The van der Waals surface area contributed by atoms with E-state index in [1.54, 1.807) is 16.8 Å². The number of anilines is 1. The normalized spacial score (nSPS) is 17.1. The summed E-state index contributed by atoms with van der Waals surface area (Å²) in [7, 11) is 0. The highest BCUT2D eigenvalue weighted by molar-refractivity contribution is 7.97. The highest BCUT2D eigenvalue weighted by Gasteiger charge is 2.30. The first-order valence-corrected chi connectivity index (χ1v) is 11.4. The zero-order valence-corrected chi connectivity index (χ0v) is 18.8. The molecule has 0 unspecified atom stereocenters. The molecule has 2 aromatic rings. The summed E-state index contributed by atoms with van der Waals surface area (Å²) in [6, 6.07) is 10.4. The van der Waals surface area contributed by atoms with Gasteiger partial charge in [-0.1, -0.05) is 12.1 Å². The van der Waals surface area contributed by atoms with Gasteiger partial charge in [-0.15, -0.1) is 0 Å². The maximum Gasteiger partial charge on any atom is 0.410 e. The molecule has 2 aliphatic heterocycles. The molecule has 30 heavy (non-hydrogen) atoms. The lowest BCUT2D eigenvalue weighted by atomic mass is 10.1. The zero-order valence-electron chi connectivity index (χ0n) is 18.0. The Balaban J connectivity index is 1.41. The van der Waals surface area contributed by atoms with Gasteiger partial charge in [-0.25, -0.2) is 4.79 Å². The van der Waals surface area contributed by atoms with E-state index < -0.39 is 5.60 Å². The summed E-state index contributed by atoms with van der Waals surface area (Å²) in [4.78, 5) is 29.6. The molecule has 2 heterocycles. The van der Waals surface area contributed by atoms with Crippen LogP contribution in [0, 0.1) is 0 Å². The molecule has 0 aromatic heterocycles. The molecule has 7 heteroatoms. The standard InChI is InChI=1S/C23H29N3O3S/c1-5-26-18-9-10-19(16-7-6-8-17(20(16)18)21(26)27)30-24-15-11-13-25(14-12-15)22(28)29-23(2,3)4/h6-10,15,24H,5,11-14H2,1-4H3. The number of ether oxygens (including phenoxy) is 1. The second-order valence-electron chi connectivity index (χ2n) is 8.82. The highest BCUT2D eigenvalue weighted by atomic mass is 32.2. The van der Waals surface area contributed by atoms with Crippen molar-refractivity contribution in [2.45, 2.75) is 57.1 Å². The van der Waals surface area contributed by atoms with E-state index in [1.165, 1.54) is 0 Å². The fourth-order valence-corrected chi connectivity index (χ4v) is 5.02. The molecule has 0 aliphatic carbocycles. The molecule has 6 nitrogen and oxygen atoms in total. The van der Waals surface area contributed by atoms with E-state index in [1.807, 2.05) is 44.7 Å². The molecule has 160 valence electrons. The number of hydrogen-bond acceptors (Lipinski definition) is 5. The quantitative estimate of drug-likeness (QED) is 0.709. The third kappa shape index (κ3) is 4.01. The Morgan fingerprint density at radius 1 is 1.20 bits per heavy atom. The van der Waals surface area contributed by atoms with Crippen molar-refractivity contribution in [2.75, 3.05) is 24.5 Å². The summed E-state index contributed by atoms with van der Waals surface area (Å²) < 4.78 is 9.05. The number of carbonyl (C=O) groups excluding carboxylic acids is 2. The fourth-order valence-electron chi connectivity index (χ4n) is 4.08. The highest BCUT2D eigenvalue weighted by Crippen LogP contribution is 2.41. The van der Waals surface area contributed by atoms with E-state index in [4.69, 9.17) is 4.74 Å². The van der Waals surface area contributed by atoms with Gasteiger partial charge in [0.15, 0.2) is 0 Å². The van der Waals surface area contributed by atoms with Crippen molar-refractivity contribution in [1.29, 1.82) is 0 Å². The predicted molar refractivity (Wildman–Crippen MR) is 121 cm³/mol. The third-order valence-corrected chi connectivity index (χ3v) is 6.57. The first-order valence-electron chi connectivity index (χ1n) is 10.6. The van der Waals surface area contributed by atoms with Crippen LogP contribution in [-0.4, -0.2) is 48.2 Å². The lowest BCUT2D eigenvalue weighted by molar-refractivity contribution is 0.0204. The molecule has 0 bridgehead atoms. The molecular formula is C23H29N3O3S. The first-order chi connectivity index (χ1) is 14.3. The molecule has 2 aromatic carbocycles. The third-order valence-electron chi connectivity index (χ3n) is 5.54. The maximum absolute atomic E-state index is 12.7. The summed E-state index contributed by atoms with van der Waals surface area (Å²) in [5, 5.41) is 2.16. The second kappa shape index (κ2) is 8.12. The zero-order chi connectivity index (χ0) is 21.5. The fraction of sp³-hybridized carbons (Fsp3) is 0.478. The molecular weight excluding hydrogens is 398 g/mol. The SMILES string of the molecule is CCN1C(=O)c2cccc3c(SNC4CCN(C(=O)OC(C)(C)C)CC4)ccc1c23. The van der Waals surface area contributed by atoms with Gasteiger partial charge in [-0.05, 0) is 76.1 Å². The van der Waals surface area contributed by atoms with E-state index in [0.717, 1.165) is 39.8 Å². The van der Waals surface area contributed by atoms with Crippen molar-refractivity contribution < 1.29 is 14.3 Å². The number of piperidine rings is 1. The van der Waals surface area contributed by atoms with Gasteiger partial charge in [0.25, 0.3) is 5.91 Å². The number of rotatable bonds is 4. The average Bonchev–Trinajstić information content (AvgIpc) is 2.99. The van der Waals surface area contributed by atoms with Crippen LogP contribution in [0.15, 0.2) is 35.2 Å². The van der Waals surface area contributed by atoms with Crippen LogP contribution in [0.5, 0.6) is 0 Å². The second-order valence-corrected chi connectivity index (χ2v) is 9.70. The number of nitrogens with zero attached hydrogens (tertiary/aromatic N) is 2. The summed E-state index contributed by atoms with van der Waals surface area (Å²) in [5.41, 5.74) is 1.33. The smallest absolute Gasteiger partial charge is 0.410 e. The Morgan fingerprint density at radius 2 is 1.93 bits per heavy atom. The maximum atomic E-state index is 12.7. The molecule has 1 saturated heterocycles. The Morgan fingerprint density at radius 3 is 2.60 bits per heavy atom. The molecule has 2 amide bonds. The van der Waals surface area contributed by atoms with Crippen molar-refractivity contribution in [3.8, 4) is 0 Å². The monoisotopic (exact) mass is 427 g/mol. The summed E-state index contributed by atoms with van der Waals surface area (Å²) in [6.07, 6.45) is 1.54. The molecule has 1 fully saturated rings. The van der Waals surface area contributed by atoms with E-state index in [0.29, 0.717) is 25.7 Å². The molecule has 2 aliphatic rings. The Bertz CT molecular complexity index is 978. The lowest BCUT2D eigenvalue weighted by Crippen LogP contribution is -2.45. The minimum Gasteiger partial charge on any atom is -0.444 e. The first kappa shape index (κ1) is 21.0. The minimum atomic E-state index is -0.466. The number of nitrogens with one attached hydrogen (secondary N) is 1. The Labute approximate surface area is 182 Å². The largest absolute Gasteiger partial charge is 0.444 e. The van der Waals surface area contributed by atoms with Gasteiger partial charge >= 0.3 is 6.09 Å². The van der Waals surface area contributed by atoms with Crippen LogP contribution in [0.1, 0.15) is 50.9 Å². The van der Waals surface area contributed by atoms with Crippen LogP contribution in [0.2, 0.25) is 0 Å². The molecule has 0 saturated carbocycles.